The molecule has 1 amide bonds. The Kier molecular flexibility index (Phi) is 6.09. The Bertz CT molecular complexity index is 441. The monoisotopic (exact) mass is 288 g/mol. The Morgan fingerprint density at radius 2 is 2.00 bits per heavy atom. The molecule has 0 aromatic heterocycles. The molecule has 1 heterocycles. The third-order valence-electron chi connectivity index (χ3n) is 4.50. The summed E-state index contributed by atoms with van der Waals surface area (Å²) in [6, 6.07) is 8.05. The van der Waals surface area contributed by atoms with E-state index in [0.717, 1.165) is 50.4 Å². The fourth-order valence-electron chi connectivity index (χ4n) is 3.18. The number of nitrogen functional groups attached to an aromatic ring is 1. The second-order valence-corrected chi connectivity index (χ2v) is 6.21. The van der Waals surface area contributed by atoms with Crippen molar-refractivity contribution < 1.29 is 4.79 Å². The molecule has 116 valence electrons. The maximum atomic E-state index is 12.2. The number of hydrogen-bond donors (Lipinski definition) is 1. The number of carbonyl (C=O) groups is 1. The van der Waals surface area contributed by atoms with Gasteiger partial charge in [0, 0.05) is 25.2 Å². The molecule has 2 N–H and O–H groups in total. The van der Waals surface area contributed by atoms with Crippen LogP contribution in [0.4, 0.5) is 5.69 Å². The van der Waals surface area contributed by atoms with Crippen molar-refractivity contribution in [3.05, 3.63) is 29.8 Å². The molecule has 1 aromatic rings. The summed E-state index contributed by atoms with van der Waals surface area (Å²) in [6.07, 6.45) is 7.56. The van der Waals surface area contributed by atoms with Crippen LogP contribution in [-0.4, -0.2) is 23.9 Å². The molecule has 1 aliphatic rings. The van der Waals surface area contributed by atoms with Crippen molar-refractivity contribution in [2.75, 3.05) is 18.8 Å². The third-order valence-corrected chi connectivity index (χ3v) is 4.50. The highest BCUT2D eigenvalue weighted by atomic mass is 16.2. The lowest BCUT2D eigenvalue weighted by atomic mass is 9.96. The highest BCUT2D eigenvalue weighted by molar-refractivity contribution is 5.76. The summed E-state index contributed by atoms with van der Waals surface area (Å²) in [5, 5.41) is 0. The van der Waals surface area contributed by atoms with E-state index in [1.54, 1.807) is 0 Å². The van der Waals surface area contributed by atoms with Crippen LogP contribution in [0, 0.1) is 5.92 Å². The number of anilines is 1. The van der Waals surface area contributed by atoms with Crippen molar-refractivity contribution in [3.8, 4) is 0 Å². The van der Waals surface area contributed by atoms with Crippen molar-refractivity contribution >= 4 is 11.6 Å². The topological polar surface area (TPSA) is 46.3 Å². The third kappa shape index (κ3) is 5.07. The quantitative estimate of drug-likeness (QED) is 0.812. The van der Waals surface area contributed by atoms with Gasteiger partial charge in [0.2, 0.25) is 5.91 Å². The van der Waals surface area contributed by atoms with Crippen LogP contribution >= 0.6 is 0 Å². The first-order valence-electron chi connectivity index (χ1n) is 8.31. The van der Waals surface area contributed by atoms with E-state index in [0.29, 0.717) is 5.91 Å². The van der Waals surface area contributed by atoms with Gasteiger partial charge in [-0.05, 0) is 49.3 Å². The Labute approximate surface area is 128 Å². The van der Waals surface area contributed by atoms with Gasteiger partial charge in [0.15, 0.2) is 0 Å². The Hall–Kier alpha value is -1.51. The number of hydrogen-bond acceptors (Lipinski definition) is 2. The normalized spacial score (nSPS) is 19.6. The van der Waals surface area contributed by atoms with Gasteiger partial charge >= 0.3 is 0 Å². The van der Waals surface area contributed by atoms with Crippen molar-refractivity contribution in [2.45, 2.75) is 51.9 Å². The number of nitrogens with two attached hydrogens (primary N) is 1. The number of carbonyl (C=O) groups excluding carboxylic acids is 1. The molecule has 1 aliphatic heterocycles. The molecule has 3 nitrogen and oxygen atoms in total. The van der Waals surface area contributed by atoms with Crippen molar-refractivity contribution in [1.82, 2.24) is 4.90 Å². The number of benzene rings is 1. The van der Waals surface area contributed by atoms with Gasteiger partial charge < -0.3 is 10.6 Å². The lowest BCUT2D eigenvalue weighted by Gasteiger charge is -2.20. The zero-order valence-electron chi connectivity index (χ0n) is 13.2. The smallest absolute Gasteiger partial charge is 0.222 e. The summed E-state index contributed by atoms with van der Waals surface area (Å²) in [5.74, 6) is 1.10. The fourth-order valence-corrected chi connectivity index (χ4v) is 3.18. The second kappa shape index (κ2) is 8.06. The summed E-state index contributed by atoms with van der Waals surface area (Å²) >= 11 is 0. The van der Waals surface area contributed by atoms with Gasteiger partial charge in [-0.1, -0.05) is 31.9 Å². The second-order valence-electron chi connectivity index (χ2n) is 6.21. The molecule has 0 saturated carbocycles. The van der Waals surface area contributed by atoms with E-state index < -0.39 is 0 Å². The van der Waals surface area contributed by atoms with Crippen LogP contribution in [0.3, 0.4) is 0 Å². The lowest BCUT2D eigenvalue weighted by molar-refractivity contribution is -0.130. The summed E-state index contributed by atoms with van der Waals surface area (Å²) in [5.41, 5.74) is 7.80. The van der Waals surface area contributed by atoms with Gasteiger partial charge in [-0.3, -0.25) is 4.79 Å². The molecule has 21 heavy (non-hydrogen) atoms. The molecule has 0 aliphatic carbocycles. The first kappa shape index (κ1) is 15.9. The van der Waals surface area contributed by atoms with E-state index in [9.17, 15) is 4.79 Å². The summed E-state index contributed by atoms with van der Waals surface area (Å²) in [6.45, 7) is 4.07. The molecular weight excluding hydrogens is 260 g/mol. The lowest BCUT2D eigenvalue weighted by Crippen LogP contribution is -2.31. The SMILES string of the molecule is CCCC1CCC(=O)N(CCCc2ccc(N)cc2)CC1. The van der Waals surface area contributed by atoms with Gasteiger partial charge in [0.1, 0.15) is 0 Å². The Morgan fingerprint density at radius 1 is 1.24 bits per heavy atom. The van der Waals surface area contributed by atoms with Crippen LogP contribution in [-0.2, 0) is 11.2 Å². The molecule has 0 radical (unpaired) electrons. The van der Waals surface area contributed by atoms with E-state index in [2.05, 4.69) is 24.0 Å². The number of aryl methyl sites for hydroxylation is 1. The highest BCUT2D eigenvalue weighted by Gasteiger charge is 2.21. The number of rotatable bonds is 6. The average Bonchev–Trinajstić information content (AvgIpc) is 2.65. The van der Waals surface area contributed by atoms with Crippen LogP contribution in [0.15, 0.2) is 24.3 Å². The molecule has 1 atom stereocenters. The molecule has 0 spiro atoms. The molecule has 0 bridgehead atoms. The van der Waals surface area contributed by atoms with Crippen LogP contribution in [0.1, 0.15) is 51.0 Å². The molecule has 1 aromatic carbocycles. The molecule has 1 fully saturated rings. The first-order valence-corrected chi connectivity index (χ1v) is 8.31. The van der Waals surface area contributed by atoms with E-state index in [1.807, 2.05) is 12.1 Å². The minimum absolute atomic E-state index is 0.353. The predicted octanol–water partition coefficient (Wildman–Crippen LogP) is 3.63. The van der Waals surface area contributed by atoms with Gasteiger partial charge in [0.05, 0.1) is 0 Å². The maximum Gasteiger partial charge on any atom is 0.222 e. The minimum Gasteiger partial charge on any atom is -0.399 e. The summed E-state index contributed by atoms with van der Waals surface area (Å²) in [4.78, 5) is 14.2. The van der Waals surface area contributed by atoms with E-state index in [1.165, 1.54) is 24.8 Å². The highest BCUT2D eigenvalue weighted by Crippen LogP contribution is 2.22. The summed E-state index contributed by atoms with van der Waals surface area (Å²) < 4.78 is 0. The fraction of sp³-hybridized carbons (Fsp3) is 0.611. The Balaban J connectivity index is 1.76. The molecule has 1 saturated heterocycles. The molecule has 2 rings (SSSR count). The van der Waals surface area contributed by atoms with Gasteiger partial charge in [-0.25, -0.2) is 0 Å². The maximum absolute atomic E-state index is 12.2. The van der Waals surface area contributed by atoms with Crippen molar-refractivity contribution in [3.63, 3.8) is 0 Å². The van der Waals surface area contributed by atoms with Crippen LogP contribution < -0.4 is 5.73 Å². The Morgan fingerprint density at radius 3 is 2.71 bits per heavy atom. The predicted molar refractivity (Wildman–Crippen MR) is 88.0 cm³/mol. The molecule has 3 heteroatoms. The van der Waals surface area contributed by atoms with Crippen molar-refractivity contribution in [2.24, 2.45) is 5.92 Å². The number of likely N-dealkylation sites (tertiary alicyclic amines) is 1. The van der Waals surface area contributed by atoms with Gasteiger partial charge in [0.25, 0.3) is 0 Å². The van der Waals surface area contributed by atoms with Crippen LogP contribution in [0.25, 0.3) is 0 Å². The molecular formula is C18H28N2O. The van der Waals surface area contributed by atoms with Gasteiger partial charge in [-0.15, -0.1) is 0 Å². The standard InChI is InChI=1S/C18H28N2O/c1-2-4-15-8-11-18(21)20(14-12-15)13-3-5-16-6-9-17(19)10-7-16/h6-7,9-10,15H,2-5,8,11-14,19H2,1H3. The summed E-state index contributed by atoms with van der Waals surface area (Å²) in [7, 11) is 0. The van der Waals surface area contributed by atoms with Crippen molar-refractivity contribution in [1.29, 1.82) is 0 Å². The first-order chi connectivity index (χ1) is 10.2. The number of amides is 1. The average molecular weight is 288 g/mol. The molecule has 1 unspecified atom stereocenters. The van der Waals surface area contributed by atoms with E-state index >= 15 is 0 Å². The number of nitrogens with zero attached hydrogens (tertiary/aromatic N) is 1. The zero-order chi connectivity index (χ0) is 15.1. The zero-order valence-corrected chi connectivity index (χ0v) is 13.2. The van der Waals surface area contributed by atoms with Crippen LogP contribution in [0.2, 0.25) is 0 Å². The largest absolute Gasteiger partial charge is 0.399 e. The van der Waals surface area contributed by atoms with E-state index in [-0.39, 0.29) is 0 Å². The van der Waals surface area contributed by atoms with Crippen LogP contribution in [0.5, 0.6) is 0 Å². The minimum atomic E-state index is 0.353. The van der Waals surface area contributed by atoms with Gasteiger partial charge in [-0.2, -0.15) is 0 Å². The van der Waals surface area contributed by atoms with E-state index in [4.69, 9.17) is 5.73 Å².